The van der Waals surface area contributed by atoms with Gasteiger partial charge in [-0.2, -0.15) is 0 Å². The molecule has 3 aromatic rings. The third-order valence-corrected chi connectivity index (χ3v) is 4.05. The smallest absolute Gasteiger partial charge is 0.405 e. The number of aromatic nitrogens is 3. The number of nitrogen functional groups attached to an aromatic ring is 1. The Balaban J connectivity index is 2.04. The number of amides is 1. The van der Waals surface area contributed by atoms with E-state index in [1.54, 1.807) is 6.92 Å². The van der Waals surface area contributed by atoms with Crippen LogP contribution in [0.25, 0.3) is 11.2 Å². The Morgan fingerprint density at radius 2 is 2.00 bits per heavy atom. The fourth-order valence-corrected chi connectivity index (χ4v) is 2.73. The Morgan fingerprint density at radius 3 is 2.64 bits per heavy atom. The molecule has 0 spiro atoms. The first kappa shape index (κ1) is 19.4. The first-order chi connectivity index (χ1) is 13.1. The summed E-state index contributed by atoms with van der Waals surface area (Å²) in [7, 11) is 2.87. The molecule has 0 atom stereocenters. The van der Waals surface area contributed by atoms with Gasteiger partial charge in [0.1, 0.15) is 5.75 Å². The lowest BCUT2D eigenvalue weighted by Gasteiger charge is -2.17. The van der Waals surface area contributed by atoms with E-state index in [2.05, 4.69) is 24.7 Å². The van der Waals surface area contributed by atoms with Crippen LogP contribution in [-0.4, -0.2) is 46.6 Å². The predicted octanol–water partition coefficient (Wildman–Crippen LogP) is 2.70. The van der Waals surface area contributed by atoms with Crippen molar-refractivity contribution in [2.24, 2.45) is 0 Å². The van der Waals surface area contributed by atoms with E-state index >= 15 is 0 Å². The summed E-state index contributed by atoms with van der Waals surface area (Å²) in [5.74, 6) is -1.20. The van der Waals surface area contributed by atoms with Crippen LogP contribution in [0.2, 0.25) is 0 Å². The standard InChI is InChI=1S/C17H16F3N5O3/c1-8-10(13(21)14-15(22-8)24-28-23-14)6-9-4-5-12(27-17(18,19)20)11(7-9)16(26)25(2)3/h4-5,7H,6,21H2,1-3H3. The topological polar surface area (TPSA) is 107 Å². The van der Waals surface area contributed by atoms with Crippen molar-refractivity contribution >= 4 is 22.8 Å². The molecule has 11 heteroatoms. The molecule has 1 aromatic carbocycles. The summed E-state index contributed by atoms with van der Waals surface area (Å²) in [6.45, 7) is 1.72. The Labute approximate surface area is 157 Å². The number of halogens is 3. The molecule has 0 aliphatic rings. The van der Waals surface area contributed by atoms with Crippen molar-refractivity contribution in [2.75, 3.05) is 19.8 Å². The Hall–Kier alpha value is -3.37. The third-order valence-electron chi connectivity index (χ3n) is 4.05. The highest BCUT2D eigenvalue weighted by Gasteiger charge is 2.33. The summed E-state index contributed by atoms with van der Waals surface area (Å²) in [4.78, 5) is 17.8. The molecular weight excluding hydrogens is 379 g/mol. The van der Waals surface area contributed by atoms with Gasteiger partial charge in [0.15, 0.2) is 5.52 Å². The number of fused-ring (bicyclic) bond motifs is 1. The van der Waals surface area contributed by atoms with Crippen LogP contribution in [0.4, 0.5) is 18.9 Å². The predicted molar refractivity (Wildman–Crippen MR) is 92.7 cm³/mol. The van der Waals surface area contributed by atoms with Crippen molar-refractivity contribution in [2.45, 2.75) is 19.7 Å². The van der Waals surface area contributed by atoms with Crippen molar-refractivity contribution in [1.82, 2.24) is 20.2 Å². The van der Waals surface area contributed by atoms with E-state index in [1.165, 1.54) is 26.2 Å². The molecule has 0 bridgehead atoms. The first-order valence-corrected chi connectivity index (χ1v) is 8.04. The molecule has 2 N–H and O–H groups in total. The quantitative estimate of drug-likeness (QED) is 0.724. The van der Waals surface area contributed by atoms with Crippen molar-refractivity contribution in [3.05, 3.63) is 40.6 Å². The highest BCUT2D eigenvalue weighted by atomic mass is 19.4. The maximum atomic E-state index is 12.7. The molecule has 0 fully saturated rings. The molecule has 8 nitrogen and oxygen atoms in total. The molecule has 0 aliphatic heterocycles. The molecule has 2 heterocycles. The number of nitrogens with zero attached hydrogens (tertiary/aromatic N) is 4. The molecule has 0 unspecified atom stereocenters. The van der Waals surface area contributed by atoms with Gasteiger partial charge in [-0.05, 0) is 34.9 Å². The van der Waals surface area contributed by atoms with Crippen molar-refractivity contribution in [3.63, 3.8) is 0 Å². The van der Waals surface area contributed by atoms with Gasteiger partial charge in [0.25, 0.3) is 5.91 Å². The Kier molecular flexibility index (Phi) is 4.84. The summed E-state index contributed by atoms with van der Waals surface area (Å²) in [6, 6.07) is 3.87. The number of benzene rings is 1. The van der Waals surface area contributed by atoms with Gasteiger partial charge in [-0.3, -0.25) is 4.79 Å². The van der Waals surface area contributed by atoms with Crippen LogP contribution in [0.15, 0.2) is 22.8 Å². The van der Waals surface area contributed by atoms with Crippen LogP contribution in [0.5, 0.6) is 5.75 Å². The zero-order chi connectivity index (χ0) is 20.6. The van der Waals surface area contributed by atoms with Crippen LogP contribution in [0, 0.1) is 6.92 Å². The fourth-order valence-electron chi connectivity index (χ4n) is 2.73. The highest BCUT2D eigenvalue weighted by molar-refractivity contribution is 5.97. The third kappa shape index (κ3) is 3.82. The molecule has 1 amide bonds. The van der Waals surface area contributed by atoms with Gasteiger partial charge in [0.2, 0.25) is 5.65 Å². The van der Waals surface area contributed by atoms with E-state index in [-0.39, 0.29) is 17.6 Å². The SMILES string of the molecule is Cc1nc2nonc2c(N)c1Cc1ccc(OC(F)(F)F)c(C(=O)N(C)C)c1. The van der Waals surface area contributed by atoms with E-state index in [4.69, 9.17) is 5.73 Å². The van der Waals surface area contributed by atoms with Gasteiger partial charge >= 0.3 is 6.36 Å². The molecule has 3 rings (SSSR count). The second kappa shape index (κ2) is 6.98. The number of nitrogens with two attached hydrogens (primary N) is 1. The van der Waals surface area contributed by atoms with Crippen LogP contribution in [0.3, 0.4) is 0 Å². The summed E-state index contributed by atoms with van der Waals surface area (Å²) in [5, 5.41) is 7.35. The number of pyridine rings is 1. The number of hydrogen-bond acceptors (Lipinski definition) is 7. The molecule has 0 saturated carbocycles. The van der Waals surface area contributed by atoms with Crippen LogP contribution in [-0.2, 0) is 6.42 Å². The Bertz CT molecular complexity index is 1050. The van der Waals surface area contributed by atoms with Gasteiger partial charge in [-0.25, -0.2) is 9.61 Å². The Morgan fingerprint density at radius 1 is 1.29 bits per heavy atom. The molecular formula is C17H16F3N5O3. The number of aryl methyl sites for hydroxylation is 1. The van der Waals surface area contributed by atoms with E-state index in [0.29, 0.717) is 28.0 Å². The number of carbonyl (C=O) groups excluding carboxylic acids is 1. The van der Waals surface area contributed by atoms with Gasteiger partial charge in [-0.15, -0.1) is 13.2 Å². The van der Waals surface area contributed by atoms with Gasteiger partial charge in [-0.1, -0.05) is 6.07 Å². The zero-order valence-electron chi connectivity index (χ0n) is 15.2. The second-order valence-electron chi connectivity index (χ2n) is 6.28. The van der Waals surface area contributed by atoms with Gasteiger partial charge < -0.3 is 15.4 Å². The average molecular weight is 395 g/mol. The van der Waals surface area contributed by atoms with Gasteiger partial charge in [0, 0.05) is 31.8 Å². The van der Waals surface area contributed by atoms with E-state index in [1.807, 2.05) is 0 Å². The van der Waals surface area contributed by atoms with Crippen LogP contribution < -0.4 is 10.5 Å². The molecule has 28 heavy (non-hydrogen) atoms. The summed E-state index contributed by atoms with van der Waals surface area (Å²) in [6.07, 6.45) is -4.70. The summed E-state index contributed by atoms with van der Waals surface area (Å²) < 4.78 is 46.6. The minimum absolute atomic E-state index is 0.215. The molecule has 0 saturated heterocycles. The molecule has 148 valence electrons. The van der Waals surface area contributed by atoms with Gasteiger partial charge in [0.05, 0.1) is 11.3 Å². The number of rotatable bonds is 4. The van der Waals surface area contributed by atoms with E-state index in [0.717, 1.165) is 11.0 Å². The minimum atomic E-state index is -4.92. The molecule has 0 radical (unpaired) electrons. The number of hydrogen-bond donors (Lipinski definition) is 1. The minimum Gasteiger partial charge on any atom is -0.405 e. The zero-order valence-corrected chi connectivity index (χ0v) is 15.2. The maximum Gasteiger partial charge on any atom is 0.573 e. The lowest BCUT2D eigenvalue weighted by molar-refractivity contribution is -0.274. The maximum absolute atomic E-state index is 12.7. The first-order valence-electron chi connectivity index (χ1n) is 8.04. The average Bonchev–Trinajstić information content (AvgIpc) is 3.06. The largest absolute Gasteiger partial charge is 0.573 e. The normalized spacial score (nSPS) is 11.6. The van der Waals surface area contributed by atoms with Crippen molar-refractivity contribution in [3.8, 4) is 5.75 Å². The number of ether oxygens (including phenoxy) is 1. The fraction of sp³-hybridized carbons (Fsp3) is 0.294. The van der Waals surface area contributed by atoms with E-state index < -0.39 is 18.0 Å². The van der Waals surface area contributed by atoms with Crippen molar-refractivity contribution in [1.29, 1.82) is 0 Å². The monoisotopic (exact) mass is 395 g/mol. The van der Waals surface area contributed by atoms with Crippen molar-refractivity contribution < 1.29 is 27.3 Å². The number of alkyl halides is 3. The number of carbonyl (C=O) groups is 1. The lowest BCUT2D eigenvalue weighted by Crippen LogP contribution is -2.25. The van der Waals surface area contributed by atoms with Crippen LogP contribution >= 0.6 is 0 Å². The molecule has 0 aliphatic carbocycles. The summed E-state index contributed by atoms with van der Waals surface area (Å²) in [5.41, 5.74) is 8.49. The molecule has 2 aromatic heterocycles. The second-order valence-corrected chi connectivity index (χ2v) is 6.28. The lowest BCUT2D eigenvalue weighted by atomic mass is 9.99. The van der Waals surface area contributed by atoms with Crippen LogP contribution in [0.1, 0.15) is 27.2 Å². The number of anilines is 1. The van der Waals surface area contributed by atoms with E-state index in [9.17, 15) is 18.0 Å². The highest BCUT2D eigenvalue weighted by Crippen LogP contribution is 2.30. The summed E-state index contributed by atoms with van der Waals surface area (Å²) >= 11 is 0.